The van der Waals surface area contributed by atoms with E-state index in [4.69, 9.17) is 10.6 Å². The zero-order valence-electron chi connectivity index (χ0n) is 10.9. The highest BCUT2D eigenvalue weighted by molar-refractivity contribution is 5.92. The summed E-state index contributed by atoms with van der Waals surface area (Å²) >= 11 is 0. The van der Waals surface area contributed by atoms with Gasteiger partial charge in [0.15, 0.2) is 5.69 Å². The van der Waals surface area contributed by atoms with Crippen molar-refractivity contribution in [3.05, 3.63) is 71.9 Å². The normalized spacial score (nSPS) is 19.8. The number of carbonyl (C=O) groups is 1. The fourth-order valence-electron chi connectivity index (χ4n) is 2.32. The summed E-state index contributed by atoms with van der Waals surface area (Å²) in [5, 5.41) is 0. The zero-order valence-corrected chi connectivity index (χ0v) is 10.9. The van der Waals surface area contributed by atoms with Crippen LogP contribution in [0, 0.1) is 0 Å². The smallest absolute Gasteiger partial charge is 0.316 e. The van der Waals surface area contributed by atoms with E-state index in [1.807, 2.05) is 60.7 Å². The van der Waals surface area contributed by atoms with Crippen LogP contribution in [0.25, 0.3) is 6.08 Å². The van der Waals surface area contributed by atoms with Gasteiger partial charge in [0.1, 0.15) is 12.8 Å². The number of rotatable bonds is 3. The minimum atomic E-state index is -0.554. The molecule has 0 saturated heterocycles. The standard InChI is InChI=1S/C16H14N2O2/c17-16(19)18(20-12-13-6-2-1-3-7-13)11-10-14-8-4-5-9-15(14)18/h1-11H,12H2,(H-,17,19)/p+1/t18-/m0/s1. The topological polar surface area (TPSA) is 52.3 Å². The van der Waals surface area contributed by atoms with E-state index in [0.717, 1.165) is 16.8 Å². The molecule has 1 aliphatic rings. The van der Waals surface area contributed by atoms with Crippen molar-refractivity contribution >= 4 is 17.8 Å². The largest absolute Gasteiger partial charge is 0.456 e. The summed E-state index contributed by atoms with van der Waals surface area (Å²) in [5.41, 5.74) is 8.25. The van der Waals surface area contributed by atoms with Crippen molar-refractivity contribution in [2.75, 3.05) is 0 Å². The van der Waals surface area contributed by atoms with Gasteiger partial charge in [-0.15, -0.1) is 0 Å². The Hall–Kier alpha value is -2.43. The number of nitrogens with two attached hydrogens (primary N) is 1. The van der Waals surface area contributed by atoms with Crippen LogP contribution in [0.4, 0.5) is 10.5 Å². The molecule has 4 nitrogen and oxygen atoms in total. The van der Waals surface area contributed by atoms with Gasteiger partial charge in [0, 0.05) is 17.7 Å². The fourth-order valence-corrected chi connectivity index (χ4v) is 2.32. The molecule has 0 fully saturated rings. The van der Waals surface area contributed by atoms with Crippen LogP contribution in [0.15, 0.2) is 60.8 Å². The number of hydroxylamine groups is 2. The molecule has 0 aromatic heterocycles. The summed E-state index contributed by atoms with van der Waals surface area (Å²) < 4.78 is -0.398. The van der Waals surface area contributed by atoms with E-state index >= 15 is 0 Å². The molecule has 1 aliphatic heterocycles. The Bertz CT molecular complexity index is 667. The molecule has 0 unspecified atom stereocenters. The number of benzene rings is 2. The molecule has 2 aromatic rings. The van der Waals surface area contributed by atoms with E-state index in [9.17, 15) is 4.79 Å². The maximum atomic E-state index is 11.9. The molecule has 0 bridgehead atoms. The van der Waals surface area contributed by atoms with Crippen LogP contribution in [-0.2, 0) is 11.4 Å². The number of carbonyl (C=O) groups excluding carboxylic acids is 1. The molecular formula is C16H15N2O2+. The van der Waals surface area contributed by atoms with Crippen molar-refractivity contribution < 1.29 is 9.63 Å². The summed E-state index contributed by atoms with van der Waals surface area (Å²) in [4.78, 5) is 17.8. The summed E-state index contributed by atoms with van der Waals surface area (Å²) in [5.74, 6) is 0. The number of amides is 2. The van der Waals surface area contributed by atoms with E-state index in [-0.39, 0.29) is 0 Å². The summed E-state index contributed by atoms with van der Waals surface area (Å²) in [7, 11) is 0. The molecule has 0 saturated carbocycles. The van der Waals surface area contributed by atoms with E-state index in [2.05, 4.69) is 0 Å². The SMILES string of the molecule is NC(=O)[N@+]1(OCc2ccccc2)C=Cc2ccccc21. The molecule has 1 atom stereocenters. The first-order valence-corrected chi connectivity index (χ1v) is 6.38. The second kappa shape index (κ2) is 4.92. The van der Waals surface area contributed by atoms with E-state index in [1.54, 1.807) is 6.20 Å². The highest BCUT2D eigenvalue weighted by Crippen LogP contribution is 2.36. The van der Waals surface area contributed by atoms with Crippen LogP contribution in [0.3, 0.4) is 0 Å². The average molecular weight is 267 g/mol. The number of hydrogen-bond donors (Lipinski definition) is 1. The van der Waals surface area contributed by atoms with Gasteiger partial charge < -0.3 is 5.73 Å². The Balaban J connectivity index is 1.92. The van der Waals surface area contributed by atoms with Crippen LogP contribution in [-0.4, -0.2) is 6.03 Å². The van der Waals surface area contributed by atoms with Crippen molar-refractivity contribution in [1.29, 1.82) is 0 Å². The molecule has 4 heteroatoms. The monoisotopic (exact) mass is 267 g/mol. The molecule has 2 aromatic carbocycles. The number of nitrogens with zero attached hydrogens (tertiary/aromatic N) is 1. The second-order valence-electron chi connectivity index (χ2n) is 4.63. The van der Waals surface area contributed by atoms with Crippen molar-refractivity contribution in [2.24, 2.45) is 5.73 Å². The highest BCUT2D eigenvalue weighted by Gasteiger charge is 2.43. The fraction of sp³-hybridized carbons (Fsp3) is 0.0625. The first kappa shape index (κ1) is 12.6. The summed E-state index contributed by atoms with van der Waals surface area (Å²) in [6, 6.07) is 16.7. The van der Waals surface area contributed by atoms with Crippen LogP contribution in [0.1, 0.15) is 11.1 Å². The van der Waals surface area contributed by atoms with E-state index in [0.29, 0.717) is 6.61 Å². The molecule has 0 radical (unpaired) electrons. The van der Waals surface area contributed by atoms with Gasteiger partial charge in [-0.05, 0) is 16.3 Å². The lowest BCUT2D eigenvalue weighted by Gasteiger charge is -2.24. The van der Waals surface area contributed by atoms with Crippen molar-refractivity contribution in [2.45, 2.75) is 6.61 Å². The lowest BCUT2D eigenvalue weighted by Crippen LogP contribution is -2.51. The number of hydrogen-bond acceptors (Lipinski definition) is 2. The third kappa shape index (κ3) is 2.01. The molecule has 0 spiro atoms. The predicted octanol–water partition coefficient (Wildman–Crippen LogP) is 3.19. The van der Waals surface area contributed by atoms with Crippen molar-refractivity contribution in [1.82, 2.24) is 4.65 Å². The van der Waals surface area contributed by atoms with Gasteiger partial charge in [0.25, 0.3) is 0 Å². The molecule has 2 N–H and O–H groups in total. The number of quaternary nitrogens is 1. The first-order chi connectivity index (χ1) is 9.72. The number of para-hydroxylation sites is 1. The van der Waals surface area contributed by atoms with E-state index in [1.165, 1.54) is 0 Å². The van der Waals surface area contributed by atoms with E-state index < -0.39 is 10.7 Å². The molecule has 2 amide bonds. The molecule has 3 rings (SSSR count). The van der Waals surface area contributed by atoms with Crippen LogP contribution >= 0.6 is 0 Å². The summed E-state index contributed by atoms with van der Waals surface area (Å²) in [6.07, 6.45) is 3.53. The van der Waals surface area contributed by atoms with Crippen LogP contribution < -0.4 is 10.4 Å². The zero-order chi connectivity index (χ0) is 14.0. The van der Waals surface area contributed by atoms with Crippen molar-refractivity contribution in [3.63, 3.8) is 0 Å². The lowest BCUT2D eigenvalue weighted by atomic mass is 10.2. The lowest BCUT2D eigenvalue weighted by molar-refractivity contribution is -0.0795. The van der Waals surface area contributed by atoms with Gasteiger partial charge in [-0.3, -0.25) is 0 Å². The highest BCUT2D eigenvalue weighted by atomic mass is 16.7. The maximum Gasteiger partial charge on any atom is 0.456 e. The van der Waals surface area contributed by atoms with Gasteiger partial charge in [-0.25, -0.2) is 4.79 Å². The van der Waals surface area contributed by atoms with Crippen LogP contribution in [0.5, 0.6) is 0 Å². The van der Waals surface area contributed by atoms with Gasteiger partial charge >= 0.3 is 6.03 Å². The molecular weight excluding hydrogens is 252 g/mol. The molecule has 20 heavy (non-hydrogen) atoms. The van der Waals surface area contributed by atoms with Gasteiger partial charge in [-0.2, -0.15) is 4.84 Å². The van der Waals surface area contributed by atoms with Crippen LogP contribution in [0.2, 0.25) is 0 Å². The maximum absolute atomic E-state index is 11.9. The second-order valence-corrected chi connectivity index (χ2v) is 4.63. The Morgan fingerprint density at radius 2 is 1.75 bits per heavy atom. The number of fused-ring (bicyclic) bond motifs is 1. The number of primary amides is 1. The minimum Gasteiger partial charge on any atom is -0.316 e. The molecule has 0 aliphatic carbocycles. The third-order valence-corrected chi connectivity index (χ3v) is 3.36. The quantitative estimate of drug-likeness (QED) is 0.868. The average Bonchev–Trinajstić information content (AvgIpc) is 2.87. The minimum absolute atomic E-state index is 0.308. The van der Waals surface area contributed by atoms with Gasteiger partial charge in [0.05, 0.1) is 0 Å². The Morgan fingerprint density at radius 3 is 2.50 bits per heavy atom. The van der Waals surface area contributed by atoms with Gasteiger partial charge in [0.2, 0.25) is 0 Å². The molecule has 1 heterocycles. The van der Waals surface area contributed by atoms with Gasteiger partial charge in [-0.1, -0.05) is 42.5 Å². The Kier molecular flexibility index (Phi) is 3.10. The molecule has 100 valence electrons. The number of urea groups is 1. The Labute approximate surface area is 117 Å². The Morgan fingerprint density at radius 1 is 1.05 bits per heavy atom. The third-order valence-electron chi connectivity index (χ3n) is 3.36. The predicted molar refractivity (Wildman–Crippen MR) is 78.1 cm³/mol. The van der Waals surface area contributed by atoms with Crippen molar-refractivity contribution in [3.8, 4) is 0 Å². The first-order valence-electron chi connectivity index (χ1n) is 6.38. The summed E-state index contributed by atoms with van der Waals surface area (Å²) in [6.45, 7) is 0.308.